The third-order valence-corrected chi connectivity index (χ3v) is 2.93. The molecule has 1 aliphatic rings. The fraction of sp³-hybridized carbons (Fsp3) is 0.538. The lowest BCUT2D eigenvalue weighted by atomic mass is 10.1. The van der Waals surface area contributed by atoms with E-state index in [9.17, 15) is 0 Å². The van der Waals surface area contributed by atoms with E-state index < -0.39 is 0 Å². The van der Waals surface area contributed by atoms with Gasteiger partial charge in [0, 0.05) is 12.1 Å². The lowest BCUT2D eigenvalue weighted by molar-refractivity contribution is 0.0530. The van der Waals surface area contributed by atoms with Crippen molar-refractivity contribution in [1.29, 1.82) is 0 Å². The Hall–Kier alpha value is -1.06. The lowest BCUT2D eigenvalue weighted by Crippen LogP contribution is -2.16. The van der Waals surface area contributed by atoms with E-state index in [1.807, 2.05) is 6.07 Å². The number of nitrogens with one attached hydrogen (secondary N) is 1. The van der Waals surface area contributed by atoms with Crippen molar-refractivity contribution in [2.45, 2.75) is 26.1 Å². The first-order chi connectivity index (χ1) is 7.79. The molecule has 1 aromatic rings. The van der Waals surface area contributed by atoms with E-state index in [4.69, 9.17) is 9.47 Å². The van der Waals surface area contributed by atoms with E-state index in [0.717, 1.165) is 30.8 Å². The highest BCUT2D eigenvalue weighted by atomic mass is 16.5. The molecule has 0 bridgehead atoms. The zero-order valence-electron chi connectivity index (χ0n) is 9.95. The molecule has 0 aromatic heterocycles. The van der Waals surface area contributed by atoms with Gasteiger partial charge in [-0.15, -0.1) is 0 Å². The molecule has 2 rings (SSSR count). The number of aryl methyl sites for hydroxylation is 1. The molecule has 1 aliphatic heterocycles. The smallest absolute Gasteiger partial charge is 0.124 e. The highest BCUT2D eigenvalue weighted by molar-refractivity contribution is 5.36. The molecule has 1 heterocycles. The Balaban J connectivity index is 1.98. The fourth-order valence-corrected chi connectivity index (χ4v) is 2.00. The molecule has 1 fully saturated rings. The number of methoxy groups -OCH3 is 1. The molecule has 1 N–H and O–H groups in total. The maximum absolute atomic E-state index is 5.84. The van der Waals surface area contributed by atoms with Crippen LogP contribution in [0, 0.1) is 6.92 Å². The van der Waals surface area contributed by atoms with Gasteiger partial charge in [0.15, 0.2) is 0 Å². The largest absolute Gasteiger partial charge is 0.496 e. The molecule has 1 unspecified atom stereocenters. The van der Waals surface area contributed by atoms with Gasteiger partial charge in [-0.2, -0.15) is 0 Å². The maximum Gasteiger partial charge on any atom is 0.124 e. The molecular weight excluding hydrogens is 202 g/mol. The number of ether oxygens (including phenoxy) is 2. The van der Waals surface area contributed by atoms with Crippen molar-refractivity contribution in [1.82, 2.24) is 5.32 Å². The van der Waals surface area contributed by atoms with Gasteiger partial charge in [-0.25, -0.2) is 0 Å². The van der Waals surface area contributed by atoms with Crippen LogP contribution >= 0.6 is 0 Å². The molecule has 3 nitrogen and oxygen atoms in total. The first-order valence-corrected chi connectivity index (χ1v) is 5.75. The maximum atomic E-state index is 5.84. The molecule has 0 amide bonds. The predicted molar refractivity (Wildman–Crippen MR) is 63.8 cm³/mol. The van der Waals surface area contributed by atoms with Crippen LogP contribution in [-0.4, -0.2) is 26.3 Å². The molecule has 0 aliphatic carbocycles. The first kappa shape index (κ1) is 11.4. The van der Waals surface area contributed by atoms with Crippen molar-refractivity contribution in [3.05, 3.63) is 29.3 Å². The van der Waals surface area contributed by atoms with Gasteiger partial charge in [0.05, 0.1) is 19.8 Å². The number of rotatable bonds is 4. The van der Waals surface area contributed by atoms with Crippen molar-refractivity contribution in [2.24, 2.45) is 0 Å². The molecule has 1 atom stereocenters. The predicted octanol–water partition coefficient (Wildman–Crippen LogP) is 1.88. The standard InChI is InChI=1S/C13H19NO2/c1-10-3-4-13(15-2)11(7-10)9-16-12-5-6-14-8-12/h3-4,7,12,14H,5-6,8-9H2,1-2H3. The first-order valence-electron chi connectivity index (χ1n) is 5.75. The number of hydrogen-bond donors (Lipinski definition) is 1. The molecule has 0 radical (unpaired) electrons. The summed E-state index contributed by atoms with van der Waals surface area (Å²) in [5, 5.41) is 3.29. The van der Waals surface area contributed by atoms with Crippen molar-refractivity contribution in [3.8, 4) is 5.75 Å². The topological polar surface area (TPSA) is 30.5 Å². The number of benzene rings is 1. The van der Waals surface area contributed by atoms with Crippen LogP contribution in [0.3, 0.4) is 0 Å². The summed E-state index contributed by atoms with van der Waals surface area (Å²) in [5.41, 5.74) is 2.37. The van der Waals surface area contributed by atoms with Gasteiger partial charge in [-0.1, -0.05) is 17.7 Å². The fourth-order valence-electron chi connectivity index (χ4n) is 2.00. The second-order valence-electron chi connectivity index (χ2n) is 4.24. The quantitative estimate of drug-likeness (QED) is 0.842. The molecule has 16 heavy (non-hydrogen) atoms. The SMILES string of the molecule is COc1ccc(C)cc1COC1CCNC1. The van der Waals surface area contributed by atoms with Crippen LogP contribution in [0.25, 0.3) is 0 Å². The molecule has 0 spiro atoms. The van der Waals surface area contributed by atoms with Gasteiger partial charge < -0.3 is 14.8 Å². The zero-order valence-corrected chi connectivity index (χ0v) is 9.95. The minimum absolute atomic E-state index is 0.352. The summed E-state index contributed by atoms with van der Waals surface area (Å²) in [5.74, 6) is 0.913. The van der Waals surface area contributed by atoms with Crippen LogP contribution in [-0.2, 0) is 11.3 Å². The van der Waals surface area contributed by atoms with Crippen LogP contribution in [0.5, 0.6) is 5.75 Å². The summed E-state index contributed by atoms with van der Waals surface area (Å²) in [4.78, 5) is 0. The van der Waals surface area contributed by atoms with Crippen molar-refractivity contribution < 1.29 is 9.47 Å². The second kappa shape index (κ2) is 5.32. The molecule has 1 aromatic carbocycles. The third kappa shape index (κ3) is 2.74. The zero-order chi connectivity index (χ0) is 11.4. The van der Waals surface area contributed by atoms with Crippen LogP contribution in [0.1, 0.15) is 17.5 Å². The van der Waals surface area contributed by atoms with Gasteiger partial charge in [-0.05, 0) is 26.0 Å². The molecule has 1 saturated heterocycles. The molecule has 0 saturated carbocycles. The minimum Gasteiger partial charge on any atom is -0.496 e. The highest BCUT2D eigenvalue weighted by Crippen LogP contribution is 2.21. The Kier molecular flexibility index (Phi) is 3.80. The summed E-state index contributed by atoms with van der Waals surface area (Å²) in [6, 6.07) is 6.18. The average molecular weight is 221 g/mol. The van der Waals surface area contributed by atoms with Gasteiger partial charge in [0.1, 0.15) is 5.75 Å². The Morgan fingerprint density at radius 1 is 1.44 bits per heavy atom. The minimum atomic E-state index is 0.352. The molecule has 3 heteroatoms. The third-order valence-electron chi connectivity index (χ3n) is 2.93. The average Bonchev–Trinajstić information content (AvgIpc) is 2.79. The normalized spacial score (nSPS) is 20.0. The summed E-state index contributed by atoms with van der Waals surface area (Å²) < 4.78 is 11.2. The van der Waals surface area contributed by atoms with E-state index in [2.05, 4.69) is 24.4 Å². The Morgan fingerprint density at radius 3 is 3.00 bits per heavy atom. The van der Waals surface area contributed by atoms with Gasteiger partial charge >= 0.3 is 0 Å². The Morgan fingerprint density at radius 2 is 2.31 bits per heavy atom. The Labute approximate surface area is 96.8 Å². The van der Waals surface area contributed by atoms with Crippen LogP contribution in [0.15, 0.2) is 18.2 Å². The monoisotopic (exact) mass is 221 g/mol. The van der Waals surface area contributed by atoms with Crippen LogP contribution in [0.2, 0.25) is 0 Å². The van der Waals surface area contributed by atoms with Crippen molar-refractivity contribution in [3.63, 3.8) is 0 Å². The lowest BCUT2D eigenvalue weighted by Gasteiger charge is -2.13. The molecule has 88 valence electrons. The summed E-state index contributed by atoms with van der Waals surface area (Å²) in [6.45, 7) is 4.75. The van der Waals surface area contributed by atoms with E-state index in [-0.39, 0.29) is 0 Å². The summed E-state index contributed by atoms with van der Waals surface area (Å²) in [7, 11) is 1.70. The molecular formula is C13H19NO2. The number of hydrogen-bond acceptors (Lipinski definition) is 3. The summed E-state index contributed by atoms with van der Waals surface area (Å²) >= 11 is 0. The van der Waals surface area contributed by atoms with E-state index in [1.54, 1.807) is 7.11 Å². The van der Waals surface area contributed by atoms with Crippen LogP contribution in [0.4, 0.5) is 0 Å². The van der Waals surface area contributed by atoms with E-state index >= 15 is 0 Å². The van der Waals surface area contributed by atoms with Crippen molar-refractivity contribution >= 4 is 0 Å². The van der Waals surface area contributed by atoms with E-state index in [1.165, 1.54) is 5.56 Å². The second-order valence-corrected chi connectivity index (χ2v) is 4.24. The van der Waals surface area contributed by atoms with Crippen molar-refractivity contribution in [2.75, 3.05) is 20.2 Å². The van der Waals surface area contributed by atoms with Gasteiger partial charge in [0.25, 0.3) is 0 Å². The van der Waals surface area contributed by atoms with Gasteiger partial charge in [0.2, 0.25) is 0 Å². The highest BCUT2D eigenvalue weighted by Gasteiger charge is 2.15. The summed E-state index contributed by atoms with van der Waals surface area (Å²) in [6.07, 6.45) is 1.46. The van der Waals surface area contributed by atoms with Crippen LogP contribution < -0.4 is 10.1 Å². The van der Waals surface area contributed by atoms with Gasteiger partial charge in [-0.3, -0.25) is 0 Å². The Bertz CT molecular complexity index is 346. The van der Waals surface area contributed by atoms with E-state index in [0.29, 0.717) is 12.7 Å².